The molecule has 0 fully saturated rings. The largest absolute Gasteiger partial charge is 0.495 e. The third-order valence-corrected chi connectivity index (χ3v) is 4.18. The molecule has 0 unspecified atom stereocenters. The number of hydrogen-bond donors (Lipinski definition) is 2. The van der Waals surface area contributed by atoms with Crippen LogP contribution in [0.25, 0.3) is 11.1 Å². The number of carbonyl (C=O) groups excluding carboxylic acids is 1. The predicted octanol–water partition coefficient (Wildman–Crippen LogP) is 2.03. The van der Waals surface area contributed by atoms with Crippen LogP contribution in [0.15, 0.2) is 52.1 Å². The van der Waals surface area contributed by atoms with E-state index >= 15 is 0 Å². The van der Waals surface area contributed by atoms with Crippen LogP contribution in [0, 0.1) is 0 Å². The van der Waals surface area contributed by atoms with Gasteiger partial charge in [-0.3, -0.25) is 14.4 Å². The Balaban J connectivity index is 1.73. The third-order valence-electron chi connectivity index (χ3n) is 4.18. The van der Waals surface area contributed by atoms with Crippen molar-refractivity contribution in [2.45, 2.75) is 0 Å². The van der Waals surface area contributed by atoms with Gasteiger partial charge in [-0.25, -0.2) is 0 Å². The van der Waals surface area contributed by atoms with Gasteiger partial charge in [-0.2, -0.15) is 0 Å². The molecule has 0 bridgehead atoms. The van der Waals surface area contributed by atoms with Crippen molar-refractivity contribution >= 4 is 23.0 Å². The molecule has 130 valence electrons. The minimum atomic E-state index is -0.585. The van der Waals surface area contributed by atoms with E-state index in [9.17, 15) is 14.4 Å². The second-order valence-electron chi connectivity index (χ2n) is 5.78. The maximum atomic E-state index is 12.1. The number of methoxy groups -OCH3 is 1. The molecule has 1 amide bonds. The first-order valence-electron chi connectivity index (χ1n) is 7.89. The van der Waals surface area contributed by atoms with Crippen molar-refractivity contribution in [1.82, 2.24) is 0 Å². The Hall–Kier alpha value is -3.61. The molecule has 7 heteroatoms. The lowest BCUT2D eigenvalue weighted by Crippen LogP contribution is -2.35. The first-order valence-corrected chi connectivity index (χ1v) is 7.89. The summed E-state index contributed by atoms with van der Waals surface area (Å²) in [6, 6.07) is 12.1. The summed E-state index contributed by atoms with van der Waals surface area (Å²) >= 11 is 0. The second-order valence-corrected chi connectivity index (χ2v) is 5.78. The number of rotatable bonds is 4. The van der Waals surface area contributed by atoms with Crippen LogP contribution in [0.2, 0.25) is 0 Å². The first-order chi connectivity index (χ1) is 12.6. The van der Waals surface area contributed by atoms with E-state index in [2.05, 4.69) is 10.6 Å². The van der Waals surface area contributed by atoms with Crippen molar-refractivity contribution in [3.63, 3.8) is 0 Å². The summed E-state index contributed by atoms with van der Waals surface area (Å²) in [5.74, 6) is 0.777. The number of anilines is 3. The number of carbonyl (C=O) groups is 1. The molecule has 1 aliphatic heterocycles. The maximum absolute atomic E-state index is 12.1. The van der Waals surface area contributed by atoms with E-state index in [0.29, 0.717) is 28.4 Å². The first kappa shape index (κ1) is 15.9. The number of amides is 1. The second kappa shape index (κ2) is 6.03. The van der Waals surface area contributed by atoms with Crippen LogP contribution in [0.4, 0.5) is 17.1 Å². The summed E-state index contributed by atoms with van der Waals surface area (Å²) in [6.45, 7) is -0.0886. The zero-order valence-corrected chi connectivity index (χ0v) is 13.8. The Bertz CT molecular complexity index is 1100. The van der Waals surface area contributed by atoms with Crippen LogP contribution < -0.4 is 31.0 Å². The van der Waals surface area contributed by atoms with Gasteiger partial charge in [0.2, 0.25) is 5.43 Å². The summed E-state index contributed by atoms with van der Waals surface area (Å²) in [6.07, 6.45) is 0. The van der Waals surface area contributed by atoms with E-state index < -0.39 is 10.9 Å². The van der Waals surface area contributed by atoms with Gasteiger partial charge >= 0.3 is 0 Å². The van der Waals surface area contributed by atoms with E-state index in [4.69, 9.17) is 9.47 Å². The molecule has 0 aromatic heterocycles. The van der Waals surface area contributed by atoms with Crippen LogP contribution in [0.5, 0.6) is 11.5 Å². The molecule has 1 heterocycles. The van der Waals surface area contributed by atoms with Gasteiger partial charge < -0.3 is 20.1 Å². The quantitative estimate of drug-likeness (QED) is 0.700. The number of ether oxygens (including phenoxy) is 2. The fourth-order valence-corrected chi connectivity index (χ4v) is 2.90. The smallest absolute Gasteiger partial charge is 0.262 e. The predicted molar refractivity (Wildman–Crippen MR) is 97.2 cm³/mol. The van der Waals surface area contributed by atoms with Crippen molar-refractivity contribution in [2.24, 2.45) is 0 Å². The fourth-order valence-electron chi connectivity index (χ4n) is 2.90. The topological polar surface area (TPSA) is 93.7 Å². The molecule has 0 saturated carbocycles. The monoisotopic (exact) mass is 350 g/mol. The molecule has 3 aromatic carbocycles. The lowest BCUT2D eigenvalue weighted by atomic mass is 9.97. The highest BCUT2D eigenvalue weighted by Gasteiger charge is 2.25. The van der Waals surface area contributed by atoms with Crippen LogP contribution in [-0.4, -0.2) is 19.6 Å². The van der Waals surface area contributed by atoms with Gasteiger partial charge in [0.05, 0.1) is 24.0 Å². The molecule has 1 aliphatic rings. The zero-order valence-electron chi connectivity index (χ0n) is 13.8. The summed E-state index contributed by atoms with van der Waals surface area (Å²) in [7, 11) is 1.53. The van der Waals surface area contributed by atoms with Crippen LogP contribution >= 0.6 is 0 Å². The molecule has 4 rings (SSSR count). The highest BCUT2D eigenvalue weighted by Crippen LogP contribution is 2.35. The van der Waals surface area contributed by atoms with Crippen molar-refractivity contribution in [2.75, 3.05) is 24.4 Å². The standard InChI is InChI=1S/C19H14N2O5/c1-25-13-5-3-2-4-11(13)21-17-16(18(23)19(17)24)10-6-7-12-14(8-10)26-9-15(22)20-12/h2-8,21H,9H2,1H3,(H,20,22). The lowest BCUT2D eigenvalue weighted by Gasteiger charge is -2.20. The molecule has 3 aromatic rings. The van der Waals surface area contributed by atoms with E-state index in [1.54, 1.807) is 36.4 Å². The SMILES string of the molecule is COc1ccccc1Nc1c(-c2ccc3c(c2)OCC(=O)N3)c(=O)c1=O. The molecule has 0 saturated heterocycles. The van der Waals surface area contributed by atoms with Crippen molar-refractivity contribution in [3.8, 4) is 22.6 Å². The number of para-hydroxylation sites is 2. The van der Waals surface area contributed by atoms with Gasteiger partial charge in [0.25, 0.3) is 11.3 Å². The van der Waals surface area contributed by atoms with E-state index in [1.807, 2.05) is 6.07 Å². The average molecular weight is 350 g/mol. The van der Waals surface area contributed by atoms with E-state index in [1.165, 1.54) is 7.11 Å². The summed E-state index contributed by atoms with van der Waals surface area (Å²) in [5, 5.41) is 5.67. The number of nitrogens with one attached hydrogen (secondary N) is 2. The summed E-state index contributed by atoms with van der Waals surface area (Å²) in [4.78, 5) is 35.6. The molecule has 0 atom stereocenters. The third kappa shape index (κ3) is 2.50. The molecule has 7 nitrogen and oxygen atoms in total. The molecule has 26 heavy (non-hydrogen) atoms. The minimum absolute atomic E-state index is 0.0886. The zero-order chi connectivity index (χ0) is 18.3. The summed E-state index contributed by atoms with van der Waals surface area (Å²) in [5.41, 5.74) is 0.998. The van der Waals surface area contributed by atoms with Crippen LogP contribution in [0.1, 0.15) is 0 Å². The highest BCUT2D eigenvalue weighted by molar-refractivity contribution is 5.96. The fraction of sp³-hybridized carbons (Fsp3) is 0.105. The van der Waals surface area contributed by atoms with Gasteiger partial charge in [-0.1, -0.05) is 18.2 Å². The van der Waals surface area contributed by atoms with Crippen molar-refractivity contribution in [3.05, 3.63) is 62.9 Å². The van der Waals surface area contributed by atoms with E-state index in [0.717, 1.165) is 0 Å². The number of benzene rings is 2. The molecular formula is C19H14N2O5. The molecule has 0 aliphatic carbocycles. The molecule has 0 radical (unpaired) electrons. The molecule has 2 N–H and O–H groups in total. The Morgan fingerprint density at radius 1 is 1.08 bits per heavy atom. The Kier molecular flexibility index (Phi) is 3.69. The summed E-state index contributed by atoms with van der Waals surface area (Å²) < 4.78 is 10.6. The Labute approximate surface area is 147 Å². The average Bonchev–Trinajstić information content (AvgIpc) is 2.67. The van der Waals surface area contributed by atoms with E-state index in [-0.39, 0.29) is 23.8 Å². The van der Waals surface area contributed by atoms with Gasteiger partial charge in [-0.05, 0) is 29.8 Å². The van der Waals surface area contributed by atoms with Crippen molar-refractivity contribution in [1.29, 1.82) is 0 Å². The van der Waals surface area contributed by atoms with Gasteiger partial charge in [-0.15, -0.1) is 0 Å². The Morgan fingerprint density at radius 2 is 1.88 bits per heavy atom. The molecule has 0 spiro atoms. The molecular weight excluding hydrogens is 336 g/mol. The van der Waals surface area contributed by atoms with Gasteiger partial charge in [0.15, 0.2) is 6.61 Å². The number of fused-ring (bicyclic) bond motifs is 1. The lowest BCUT2D eigenvalue weighted by molar-refractivity contribution is -0.118. The Morgan fingerprint density at radius 3 is 2.69 bits per heavy atom. The van der Waals surface area contributed by atoms with Gasteiger partial charge in [0.1, 0.15) is 17.2 Å². The minimum Gasteiger partial charge on any atom is -0.495 e. The van der Waals surface area contributed by atoms with Crippen LogP contribution in [-0.2, 0) is 4.79 Å². The maximum Gasteiger partial charge on any atom is 0.262 e. The van der Waals surface area contributed by atoms with Gasteiger partial charge in [0, 0.05) is 0 Å². The number of hydrogen-bond acceptors (Lipinski definition) is 6. The van der Waals surface area contributed by atoms with Crippen LogP contribution in [0.3, 0.4) is 0 Å². The highest BCUT2D eigenvalue weighted by atomic mass is 16.5. The normalized spacial score (nSPS) is 12.9. The van der Waals surface area contributed by atoms with Crippen molar-refractivity contribution < 1.29 is 14.3 Å².